The molecule has 4 rings (SSSR count). The second kappa shape index (κ2) is 8.42. The zero-order chi connectivity index (χ0) is 23.8. The van der Waals surface area contributed by atoms with Gasteiger partial charge in [0.05, 0.1) is 48.0 Å². The highest BCUT2D eigenvalue weighted by Crippen LogP contribution is 2.34. The smallest absolute Gasteiger partial charge is 0.375 e. The van der Waals surface area contributed by atoms with Crippen LogP contribution in [0.25, 0.3) is 11.5 Å². The fourth-order valence-corrected chi connectivity index (χ4v) is 3.03. The van der Waals surface area contributed by atoms with E-state index in [1.54, 1.807) is 6.92 Å². The van der Waals surface area contributed by atoms with E-state index in [0.29, 0.717) is 6.07 Å². The van der Waals surface area contributed by atoms with Crippen LogP contribution in [0.2, 0.25) is 0 Å². The molecule has 0 saturated heterocycles. The molecular weight excluding hydrogens is 450 g/mol. The van der Waals surface area contributed by atoms with Gasteiger partial charge in [-0.2, -0.15) is 27.8 Å². The van der Waals surface area contributed by atoms with Crippen molar-refractivity contribution in [2.45, 2.75) is 19.2 Å². The number of ether oxygens (including phenoxy) is 1. The van der Waals surface area contributed by atoms with Gasteiger partial charge in [-0.15, -0.1) is 9.90 Å². The quantitative estimate of drug-likeness (QED) is 0.434. The van der Waals surface area contributed by atoms with Gasteiger partial charge < -0.3 is 15.4 Å². The molecule has 0 aliphatic rings. The lowest BCUT2D eigenvalue weighted by atomic mass is 10.2. The van der Waals surface area contributed by atoms with Gasteiger partial charge in [0.2, 0.25) is 5.95 Å². The molecule has 1 unspecified atom stereocenters. The topological polar surface area (TPSA) is 124 Å². The predicted octanol–water partition coefficient (Wildman–Crippen LogP) is 3.21. The number of pyridine rings is 1. The van der Waals surface area contributed by atoms with E-state index in [1.807, 2.05) is 0 Å². The standard InChI is InChI=1S/C18H15F4N9O2/c1-9(33-2)15-12(8-23-14-6-13(19)29-30(14)15)28-17(32)27-10-5-11(18(20,21)22)16(24-7-10)31-25-3-4-26-31/h3-9H,1-2H3,(H2,27,28,32). The van der Waals surface area contributed by atoms with Crippen molar-refractivity contribution in [3.63, 3.8) is 0 Å². The first kappa shape index (κ1) is 22.1. The number of aromatic nitrogens is 7. The highest BCUT2D eigenvalue weighted by atomic mass is 19.4. The Kier molecular flexibility index (Phi) is 5.63. The third-order valence-electron chi connectivity index (χ3n) is 4.52. The number of urea groups is 1. The number of nitrogens with zero attached hydrogens (tertiary/aromatic N) is 7. The molecule has 4 aromatic rings. The molecule has 0 radical (unpaired) electrons. The maximum absolute atomic E-state index is 13.6. The lowest BCUT2D eigenvalue weighted by molar-refractivity contribution is -0.137. The molecule has 15 heteroatoms. The van der Waals surface area contributed by atoms with Crippen molar-refractivity contribution in [1.29, 1.82) is 0 Å². The number of hydrogen-bond acceptors (Lipinski definition) is 7. The second-order valence-corrected chi connectivity index (χ2v) is 6.66. The molecule has 0 aliphatic heterocycles. The van der Waals surface area contributed by atoms with Crippen LogP contribution in [0.15, 0.2) is 36.9 Å². The minimum atomic E-state index is -4.79. The average Bonchev–Trinajstić information content (AvgIpc) is 3.41. The minimum absolute atomic E-state index is 0.110. The van der Waals surface area contributed by atoms with Crippen molar-refractivity contribution in [2.24, 2.45) is 0 Å². The molecule has 2 amide bonds. The molecule has 0 bridgehead atoms. The summed E-state index contributed by atoms with van der Waals surface area (Å²) < 4.78 is 60.6. The Bertz CT molecular complexity index is 1300. The van der Waals surface area contributed by atoms with Crippen LogP contribution in [0.4, 0.5) is 33.7 Å². The molecule has 0 aliphatic carbocycles. The SMILES string of the molecule is COC(C)c1c(NC(=O)Nc2cnc(-n3nccn3)c(C(F)(F)F)c2)cnc2cc(F)nn12. The Hall–Kier alpha value is -4.14. The van der Waals surface area contributed by atoms with Crippen molar-refractivity contribution in [3.05, 3.63) is 54.1 Å². The highest BCUT2D eigenvalue weighted by molar-refractivity contribution is 6.00. The van der Waals surface area contributed by atoms with E-state index in [4.69, 9.17) is 4.74 Å². The third-order valence-corrected chi connectivity index (χ3v) is 4.52. The van der Waals surface area contributed by atoms with E-state index < -0.39 is 35.6 Å². The fourth-order valence-electron chi connectivity index (χ4n) is 3.03. The van der Waals surface area contributed by atoms with Gasteiger partial charge in [-0.3, -0.25) is 0 Å². The third kappa shape index (κ3) is 4.43. The Labute approximate surface area is 182 Å². The summed E-state index contributed by atoms with van der Waals surface area (Å²) >= 11 is 0. The lowest BCUT2D eigenvalue weighted by Gasteiger charge is -2.17. The number of carbonyl (C=O) groups excluding carboxylic acids is 1. The first-order valence-corrected chi connectivity index (χ1v) is 9.26. The molecule has 11 nitrogen and oxygen atoms in total. The van der Waals surface area contributed by atoms with Crippen LogP contribution >= 0.6 is 0 Å². The van der Waals surface area contributed by atoms with Crippen molar-refractivity contribution < 1.29 is 27.1 Å². The van der Waals surface area contributed by atoms with Gasteiger partial charge in [-0.05, 0) is 13.0 Å². The lowest BCUT2D eigenvalue weighted by Crippen LogP contribution is -2.23. The van der Waals surface area contributed by atoms with Crippen LogP contribution in [-0.4, -0.2) is 47.7 Å². The van der Waals surface area contributed by atoms with Crippen LogP contribution in [0.1, 0.15) is 24.3 Å². The second-order valence-electron chi connectivity index (χ2n) is 6.66. The van der Waals surface area contributed by atoms with E-state index in [0.717, 1.165) is 21.6 Å². The molecule has 0 aromatic carbocycles. The van der Waals surface area contributed by atoms with E-state index in [-0.39, 0.29) is 22.7 Å². The van der Waals surface area contributed by atoms with Crippen LogP contribution in [0.5, 0.6) is 0 Å². The molecule has 172 valence electrons. The van der Waals surface area contributed by atoms with Crippen LogP contribution in [0.3, 0.4) is 0 Å². The Balaban J connectivity index is 1.63. The molecule has 33 heavy (non-hydrogen) atoms. The van der Waals surface area contributed by atoms with Crippen LogP contribution in [-0.2, 0) is 10.9 Å². The van der Waals surface area contributed by atoms with E-state index in [2.05, 4.69) is 35.9 Å². The molecule has 0 spiro atoms. The number of alkyl halides is 3. The zero-order valence-electron chi connectivity index (χ0n) is 17.0. The Morgan fingerprint density at radius 2 is 1.85 bits per heavy atom. The molecular formula is C18H15F4N9O2. The summed E-state index contributed by atoms with van der Waals surface area (Å²) in [6.07, 6.45) is -0.732. The van der Waals surface area contributed by atoms with Gasteiger partial charge in [0, 0.05) is 13.2 Å². The number of fused-ring (bicyclic) bond motifs is 1. The minimum Gasteiger partial charge on any atom is -0.375 e. The maximum atomic E-state index is 13.6. The van der Waals surface area contributed by atoms with Crippen LogP contribution < -0.4 is 10.6 Å². The van der Waals surface area contributed by atoms with Crippen LogP contribution in [0, 0.1) is 5.95 Å². The number of methoxy groups -OCH3 is 1. The predicted molar refractivity (Wildman–Crippen MR) is 105 cm³/mol. The highest BCUT2D eigenvalue weighted by Gasteiger charge is 2.36. The normalized spacial score (nSPS) is 12.7. The number of carbonyl (C=O) groups is 1. The monoisotopic (exact) mass is 465 g/mol. The molecule has 4 heterocycles. The van der Waals surface area contributed by atoms with Crippen molar-refractivity contribution in [2.75, 3.05) is 17.7 Å². The van der Waals surface area contributed by atoms with Gasteiger partial charge in [-0.25, -0.2) is 19.3 Å². The summed E-state index contributed by atoms with van der Waals surface area (Å²) in [6.45, 7) is 1.64. The summed E-state index contributed by atoms with van der Waals surface area (Å²) in [4.78, 5) is 21.0. The van der Waals surface area contributed by atoms with Gasteiger partial charge >= 0.3 is 12.2 Å². The molecule has 4 aromatic heterocycles. The summed E-state index contributed by atoms with van der Waals surface area (Å²) in [5.74, 6) is -1.34. The molecule has 0 saturated carbocycles. The summed E-state index contributed by atoms with van der Waals surface area (Å²) in [5, 5.41) is 15.7. The van der Waals surface area contributed by atoms with E-state index >= 15 is 0 Å². The first-order valence-electron chi connectivity index (χ1n) is 9.26. The molecule has 1 atom stereocenters. The summed E-state index contributed by atoms with van der Waals surface area (Å²) in [5.41, 5.74) is -0.828. The number of halogens is 4. The molecule has 0 fully saturated rings. The first-order chi connectivity index (χ1) is 15.7. The Morgan fingerprint density at radius 1 is 1.12 bits per heavy atom. The number of amides is 2. The van der Waals surface area contributed by atoms with Crippen molar-refractivity contribution in [1.82, 2.24) is 34.6 Å². The Morgan fingerprint density at radius 3 is 2.52 bits per heavy atom. The number of anilines is 2. The average molecular weight is 465 g/mol. The van der Waals surface area contributed by atoms with Gasteiger partial charge in [-0.1, -0.05) is 0 Å². The van der Waals surface area contributed by atoms with E-state index in [9.17, 15) is 22.4 Å². The van der Waals surface area contributed by atoms with Gasteiger partial charge in [0.1, 0.15) is 5.56 Å². The molecule has 2 N–H and O–H groups in total. The largest absolute Gasteiger partial charge is 0.420 e. The summed E-state index contributed by atoms with van der Waals surface area (Å²) in [7, 11) is 1.40. The number of rotatable bonds is 5. The zero-order valence-corrected chi connectivity index (χ0v) is 17.0. The fraction of sp³-hybridized carbons (Fsp3) is 0.222. The summed E-state index contributed by atoms with van der Waals surface area (Å²) in [6, 6.07) is 0.901. The van der Waals surface area contributed by atoms with Crippen molar-refractivity contribution >= 4 is 23.1 Å². The number of hydrogen-bond donors (Lipinski definition) is 2. The maximum Gasteiger partial charge on any atom is 0.420 e. The van der Waals surface area contributed by atoms with Crippen molar-refractivity contribution in [3.8, 4) is 5.82 Å². The van der Waals surface area contributed by atoms with Gasteiger partial charge in [0.15, 0.2) is 11.5 Å². The van der Waals surface area contributed by atoms with E-state index in [1.165, 1.54) is 25.7 Å². The number of nitrogens with one attached hydrogen (secondary N) is 2. The van der Waals surface area contributed by atoms with Gasteiger partial charge in [0.25, 0.3) is 0 Å².